The number of anilines is 2. The number of H-pyrrole nitrogens is 1. The lowest BCUT2D eigenvalue weighted by Gasteiger charge is -2.20. The number of nitrogens with zero attached hydrogens (tertiary/aromatic N) is 3. The van der Waals surface area contributed by atoms with Crippen molar-refractivity contribution in [1.82, 2.24) is 20.0 Å². The molecule has 0 spiro atoms. The van der Waals surface area contributed by atoms with Crippen LogP contribution in [0.5, 0.6) is 0 Å². The molecule has 3 heterocycles. The van der Waals surface area contributed by atoms with Crippen LogP contribution in [-0.4, -0.2) is 39.2 Å². The van der Waals surface area contributed by atoms with Gasteiger partial charge in [0.25, 0.3) is 0 Å². The monoisotopic (exact) mass is 366 g/mol. The van der Waals surface area contributed by atoms with Gasteiger partial charge >= 0.3 is 6.03 Å². The Labute approximate surface area is 156 Å². The molecule has 0 saturated carbocycles. The van der Waals surface area contributed by atoms with Crippen molar-refractivity contribution < 1.29 is 9.53 Å². The number of carbonyl (C=O) groups excluding carboxylic acids is 1. The molecule has 4 rings (SSSR count). The van der Waals surface area contributed by atoms with Gasteiger partial charge in [0.1, 0.15) is 0 Å². The zero-order valence-corrected chi connectivity index (χ0v) is 15.1. The number of nitrogens with one attached hydrogen (secondary N) is 3. The molecule has 0 radical (unpaired) electrons. The van der Waals surface area contributed by atoms with Crippen molar-refractivity contribution in [2.75, 3.05) is 23.8 Å². The first kappa shape index (κ1) is 17.3. The second-order valence-corrected chi connectivity index (χ2v) is 6.65. The van der Waals surface area contributed by atoms with Crippen LogP contribution in [0.15, 0.2) is 42.6 Å². The van der Waals surface area contributed by atoms with Crippen molar-refractivity contribution in [3.8, 4) is 5.69 Å². The van der Waals surface area contributed by atoms with Gasteiger partial charge in [-0.3, -0.25) is 10.4 Å². The van der Waals surface area contributed by atoms with Gasteiger partial charge in [0.15, 0.2) is 5.82 Å². The summed E-state index contributed by atoms with van der Waals surface area (Å²) in [5.74, 6) is 0.806. The number of aromatic amines is 1. The molecule has 1 aliphatic rings. The largest absolute Gasteiger partial charge is 0.381 e. The summed E-state index contributed by atoms with van der Waals surface area (Å²) in [5.41, 5.74) is 3.57. The van der Waals surface area contributed by atoms with E-state index in [1.54, 1.807) is 4.68 Å². The zero-order chi connectivity index (χ0) is 18.6. The highest BCUT2D eigenvalue weighted by Crippen LogP contribution is 2.25. The number of aromatic nitrogens is 4. The summed E-state index contributed by atoms with van der Waals surface area (Å²) in [6, 6.07) is 10.9. The van der Waals surface area contributed by atoms with Crippen molar-refractivity contribution in [3.63, 3.8) is 0 Å². The van der Waals surface area contributed by atoms with Crippen LogP contribution in [0, 0.1) is 6.92 Å². The summed E-state index contributed by atoms with van der Waals surface area (Å²) in [5, 5.41) is 17.1. The summed E-state index contributed by atoms with van der Waals surface area (Å²) < 4.78 is 7.29. The van der Waals surface area contributed by atoms with Gasteiger partial charge in [-0.05, 0) is 50.1 Å². The lowest BCUT2D eigenvalue weighted by Crippen LogP contribution is -2.19. The third-order valence-electron chi connectivity index (χ3n) is 4.55. The van der Waals surface area contributed by atoms with Crippen LogP contribution in [0.2, 0.25) is 0 Å². The Morgan fingerprint density at radius 2 is 2.11 bits per heavy atom. The zero-order valence-electron chi connectivity index (χ0n) is 15.1. The van der Waals surface area contributed by atoms with E-state index in [2.05, 4.69) is 25.9 Å². The van der Waals surface area contributed by atoms with Gasteiger partial charge in [0, 0.05) is 36.2 Å². The van der Waals surface area contributed by atoms with Crippen LogP contribution < -0.4 is 10.6 Å². The molecular formula is C19H22N6O2. The Hall–Kier alpha value is -3.13. The number of hydrogen-bond donors (Lipinski definition) is 3. The lowest BCUT2D eigenvalue weighted by molar-refractivity contribution is 0.0793. The van der Waals surface area contributed by atoms with Crippen molar-refractivity contribution in [2.24, 2.45) is 0 Å². The van der Waals surface area contributed by atoms with E-state index in [-0.39, 0.29) is 6.03 Å². The number of aryl methyl sites for hydroxylation is 1. The van der Waals surface area contributed by atoms with E-state index in [1.807, 2.05) is 49.5 Å². The van der Waals surface area contributed by atoms with Gasteiger partial charge in [-0.25, -0.2) is 9.48 Å². The summed E-state index contributed by atoms with van der Waals surface area (Å²) in [7, 11) is 0. The first-order chi connectivity index (χ1) is 13.2. The molecule has 2 amide bonds. The maximum Gasteiger partial charge on any atom is 0.324 e. The van der Waals surface area contributed by atoms with E-state index in [4.69, 9.17) is 4.74 Å². The highest BCUT2D eigenvalue weighted by Gasteiger charge is 2.18. The molecule has 2 aromatic heterocycles. The number of rotatable bonds is 4. The first-order valence-electron chi connectivity index (χ1n) is 9.01. The van der Waals surface area contributed by atoms with Gasteiger partial charge in [0.2, 0.25) is 0 Å². The fraction of sp³-hybridized carbons (Fsp3) is 0.316. The van der Waals surface area contributed by atoms with Crippen molar-refractivity contribution in [1.29, 1.82) is 0 Å². The highest BCUT2D eigenvalue weighted by atomic mass is 16.5. The Kier molecular flexibility index (Phi) is 4.88. The fourth-order valence-corrected chi connectivity index (χ4v) is 3.13. The summed E-state index contributed by atoms with van der Waals surface area (Å²) in [6.45, 7) is 3.45. The number of carbonyl (C=O) groups is 1. The Balaban J connectivity index is 1.34. The number of benzene rings is 1. The van der Waals surface area contributed by atoms with Crippen LogP contribution in [0.4, 0.5) is 16.3 Å². The molecule has 1 atom stereocenters. The molecule has 1 aliphatic heterocycles. The van der Waals surface area contributed by atoms with E-state index in [9.17, 15) is 4.79 Å². The second kappa shape index (κ2) is 7.63. The Morgan fingerprint density at radius 3 is 2.81 bits per heavy atom. The molecule has 1 fully saturated rings. The first-order valence-corrected chi connectivity index (χ1v) is 9.01. The van der Waals surface area contributed by atoms with Crippen molar-refractivity contribution in [2.45, 2.75) is 25.7 Å². The SMILES string of the molecule is Cc1ccn(-c2ccc(NC(=O)Nc3cc(C4CCCOC4)[nH]n3)cc2)n1. The van der Waals surface area contributed by atoms with E-state index >= 15 is 0 Å². The van der Waals surface area contributed by atoms with Gasteiger partial charge in [0.05, 0.1) is 18.0 Å². The van der Waals surface area contributed by atoms with Gasteiger partial charge in [-0.1, -0.05) is 0 Å². The third-order valence-corrected chi connectivity index (χ3v) is 4.55. The minimum atomic E-state index is -0.337. The second-order valence-electron chi connectivity index (χ2n) is 6.65. The van der Waals surface area contributed by atoms with Crippen molar-refractivity contribution in [3.05, 3.63) is 54.0 Å². The van der Waals surface area contributed by atoms with E-state index < -0.39 is 0 Å². The van der Waals surface area contributed by atoms with Crippen LogP contribution >= 0.6 is 0 Å². The molecule has 140 valence electrons. The Bertz CT molecular complexity index is 908. The van der Waals surface area contributed by atoms with Gasteiger partial charge in [-0.15, -0.1) is 0 Å². The van der Waals surface area contributed by atoms with E-state index in [0.717, 1.165) is 36.5 Å². The minimum Gasteiger partial charge on any atom is -0.381 e. The number of ether oxygens (including phenoxy) is 1. The molecule has 1 unspecified atom stereocenters. The Morgan fingerprint density at radius 1 is 1.26 bits per heavy atom. The van der Waals surface area contributed by atoms with Crippen LogP contribution in [0.3, 0.4) is 0 Å². The highest BCUT2D eigenvalue weighted by molar-refractivity contribution is 5.99. The van der Waals surface area contributed by atoms with Crippen LogP contribution in [0.25, 0.3) is 5.69 Å². The number of urea groups is 1. The lowest BCUT2D eigenvalue weighted by atomic mass is 9.99. The smallest absolute Gasteiger partial charge is 0.324 e. The van der Waals surface area contributed by atoms with Crippen LogP contribution in [-0.2, 0) is 4.74 Å². The van der Waals surface area contributed by atoms with Gasteiger partial charge < -0.3 is 10.1 Å². The standard InChI is InChI=1S/C19H22N6O2/c1-13-8-9-25(24-13)16-6-4-15(5-7-16)20-19(26)21-18-11-17(22-23-18)14-3-2-10-27-12-14/h4-9,11,14H,2-3,10,12H2,1H3,(H3,20,21,22,23,26). The number of hydrogen-bond acceptors (Lipinski definition) is 4. The minimum absolute atomic E-state index is 0.309. The average Bonchev–Trinajstić information content (AvgIpc) is 3.32. The average molecular weight is 366 g/mol. The van der Waals surface area contributed by atoms with E-state index in [1.165, 1.54) is 0 Å². The molecule has 1 saturated heterocycles. The third kappa shape index (κ3) is 4.17. The molecule has 0 aliphatic carbocycles. The molecule has 8 nitrogen and oxygen atoms in total. The quantitative estimate of drug-likeness (QED) is 0.659. The predicted octanol–water partition coefficient (Wildman–Crippen LogP) is 3.44. The normalized spacial score (nSPS) is 16.9. The maximum atomic E-state index is 12.2. The van der Waals surface area contributed by atoms with E-state index in [0.29, 0.717) is 24.0 Å². The maximum absolute atomic E-state index is 12.2. The summed E-state index contributed by atoms with van der Waals surface area (Å²) in [6.07, 6.45) is 4.01. The molecule has 8 heteroatoms. The number of amides is 2. The van der Waals surface area contributed by atoms with Crippen molar-refractivity contribution >= 4 is 17.5 Å². The predicted molar refractivity (Wildman–Crippen MR) is 102 cm³/mol. The summed E-state index contributed by atoms with van der Waals surface area (Å²) in [4.78, 5) is 12.2. The van der Waals surface area contributed by atoms with Gasteiger partial charge in [-0.2, -0.15) is 10.2 Å². The fourth-order valence-electron chi connectivity index (χ4n) is 3.13. The molecule has 3 N–H and O–H groups in total. The molecule has 0 bridgehead atoms. The molecule has 3 aromatic rings. The molecule has 1 aromatic carbocycles. The topological polar surface area (TPSA) is 96.9 Å². The van der Waals surface area contributed by atoms with Crippen LogP contribution in [0.1, 0.15) is 30.1 Å². The molecular weight excluding hydrogens is 344 g/mol. The summed E-state index contributed by atoms with van der Waals surface area (Å²) >= 11 is 0. The molecule has 27 heavy (non-hydrogen) atoms.